The van der Waals surface area contributed by atoms with Crippen molar-refractivity contribution in [3.05, 3.63) is 12.7 Å². The minimum absolute atomic E-state index is 0.0390. The van der Waals surface area contributed by atoms with E-state index in [2.05, 4.69) is 11.9 Å². The molecule has 0 bridgehead atoms. The van der Waals surface area contributed by atoms with Gasteiger partial charge in [-0.15, -0.1) is 6.58 Å². The number of hydrogen-bond acceptors (Lipinski definition) is 2. The van der Waals surface area contributed by atoms with E-state index < -0.39 is 0 Å². The van der Waals surface area contributed by atoms with Crippen molar-refractivity contribution in [2.24, 2.45) is 0 Å². The summed E-state index contributed by atoms with van der Waals surface area (Å²) in [5.41, 5.74) is -0.197. The molecule has 16 heavy (non-hydrogen) atoms. The van der Waals surface area contributed by atoms with Crippen LogP contribution in [0.2, 0.25) is 0 Å². The first-order valence-electron chi connectivity index (χ1n) is 5.72. The minimum atomic E-state index is -0.197. The van der Waals surface area contributed by atoms with E-state index in [-0.39, 0.29) is 17.6 Å². The molecular weight excluding hydrogens is 204 g/mol. The highest BCUT2D eigenvalue weighted by atomic mass is 16.5. The largest absolute Gasteiger partial charge is 0.379 e. The Kier molecular flexibility index (Phi) is 4.35. The zero-order valence-corrected chi connectivity index (χ0v) is 10.5. The molecule has 1 heterocycles. The summed E-state index contributed by atoms with van der Waals surface area (Å²) in [6, 6.07) is 0.116. The first-order chi connectivity index (χ1) is 7.45. The fourth-order valence-corrected chi connectivity index (χ4v) is 1.69. The molecular formula is C12H22N2O2. The summed E-state index contributed by atoms with van der Waals surface area (Å²) in [4.78, 5) is 13.8. The van der Waals surface area contributed by atoms with E-state index in [9.17, 15) is 4.79 Å². The second kappa shape index (κ2) is 5.34. The Morgan fingerprint density at radius 3 is 2.75 bits per heavy atom. The van der Waals surface area contributed by atoms with Crippen LogP contribution >= 0.6 is 0 Å². The Morgan fingerprint density at radius 1 is 1.62 bits per heavy atom. The fourth-order valence-electron chi connectivity index (χ4n) is 1.69. The van der Waals surface area contributed by atoms with Gasteiger partial charge in [-0.25, -0.2) is 4.79 Å². The van der Waals surface area contributed by atoms with Crippen LogP contribution in [0.1, 0.15) is 27.2 Å². The van der Waals surface area contributed by atoms with Crippen molar-refractivity contribution in [3.63, 3.8) is 0 Å². The topological polar surface area (TPSA) is 41.6 Å². The quantitative estimate of drug-likeness (QED) is 0.745. The van der Waals surface area contributed by atoms with Crippen LogP contribution in [0.15, 0.2) is 12.7 Å². The van der Waals surface area contributed by atoms with Crippen LogP contribution in [0, 0.1) is 0 Å². The average molecular weight is 226 g/mol. The molecule has 0 aromatic heterocycles. The van der Waals surface area contributed by atoms with E-state index in [1.807, 2.05) is 20.8 Å². The number of carbonyl (C=O) groups excluding carboxylic acids is 1. The smallest absolute Gasteiger partial charge is 0.318 e. The molecule has 0 aromatic rings. The molecule has 1 aliphatic rings. The van der Waals surface area contributed by atoms with Gasteiger partial charge in [-0.05, 0) is 27.2 Å². The predicted molar refractivity (Wildman–Crippen MR) is 64.4 cm³/mol. The third-order valence-corrected chi connectivity index (χ3v) is 2.62. The number of rotatable bonds is 3. The van der Waals surface area contributed by atoms with Gasteiger partial charge >= 0.3 is 6.03 Å². The van der Waals surface area contributed by atoms with Gasteiger partial charge in [0, 0.05) is 18.7 Å². The second-order valence-corrected chi connectivity index (χ2v) is 5.08. The Balaban J connectivity index is 2.56. The first kappa shape index (κ1) is 13.0. The van der Waals surface area contributed by atoms with Crippen LogP contribution in [0.25, 0.3) is 0 Å². The van der Waals surface area contributed by atoms with Crippen LogP contribution in [0.4, 0.5) is 4.79 Å². The van der Waals surface area contributed by atoms with Crippen molar-refractivity contribution in [3.8, 4) is 0 Å². The van der Waals surface area contributed by atoms with Gasteiger partial charge in [-0.1, -0.05) is 6.08 Å². The molecule has 0 saturated carbocycles. The lowest BCUT2D eigenvalue weighted by Gasteiger charge is -2.35. The highest BCUT2D eigenvalue weighted by Crippen LogP contribution is 2.14. The van der Waals surface area contributed by atoms with Crippen molar-refractivity contribution >= 4 is 6.03 Å². The van der Waals surface area contributed by atoms with Gasteiger partial charge in [0.05, 0.1) is 12.6 Å². The summed E-state index contributed by atoms with van der Waals surface area (Å²) in [6.07, 6.45) is 2.65. The summed E-state index contributed by atoms with van der Waals surface area (Å²) in [5.74, 6) is 0. The molecule has 1 N–H and O–H groups in total. The summed E-state index contributed by atoms with van der Waals surface area (Å²) >= 11 is 0. The molecule has 1 saturated heterocycles. The Morgan fingerprint density at radius 2 is 2.31 bits per heavy atom. The van der Waals surface area contributed by atoms with Crippen molar-refractivity contribution in [1.82, 2.24) is 10.2 Å². The third kappa shape index (κ3) is 3.52. The highest BCUT2D eigenvalue weighted by molar-refractivity contribution is 5.75. The SMILES string of the molecule is C=CCN(C(=O)NC1CCOC1)C(C)(C)C. The molecule has 0 aromatic carbocycles. The van der Waals surface area contributed by atoms with Gasteiger partial charge in [-0.2, -0.15) is 0 Å². The second-order valence-electron chi connectivity index (χ2n) is 5.08. The minimum Gasteiger partial charge on any atom is -0.379 e. The number of urea groups is 1. The lowest BCUT2D eigenvalue weighted by molar-refractivity contribution is 0.147. The van der Waals surface area contributed by atoms with Crippen LogP contribution in [-0.2, 0) is 4.74 Å². The van der Waals surface area contributed by atoms with E-state index in [0.717, 1.165) is 13.0 Å². The van der Waals surface area contributed by atoms with Crippen LogP contribution in [0.3, 0.4) is 0 Å². The van der Waals surface area contributed by atoms with E-state index in [4.69, 9.17) is 4.74 Å². The maximum atomic E-state index is 12.0. The Hall–Kier alpha value is -1.03. The van der Waals surface area contributed by atoms with E-state index in [1.165, 1.54) is 0 Å². The molecule has 1 rings (SSSR count). The average Bonchev–Trinajstić information content (AvgIpc) is 2.64. The number of carbonyl (C=O) groups is 1. The number of nitrogens with one attached hydrogen (secondary N) is 1. The molecule has 92 valence electrons. The van der Waals surface area contributed by atoms with Crippen LogP contribution in [0.5, 0.6) is 0 Å². The van der Waals surface area contributed by atoms with Gasteiger partial charge in [0.15, 0.2) is 0 Å². The van der Waals surface area contributed by atoms with Gasteiger partial charge in [0.1, 0.15) is 0 Å². The standard InChI is InChI=1S/C12H22N2O2/c1-5-7-14(12(2,3)4)11(15)13-10-6-8-16-9-10/h5,10H,1,6-9H2,2-4H3,(H,13,15). The maximum Gasteiger partial charge on any atom is 0.318 e. The van der Waals surface area contributed by atoms with E-state index in [0.29, 0.717) is 13.2 Å². The Labute approximate surface area is 97.6 Å². The maximum absolute atomic E-state index is 12.0. The van der Waals surface area contributed by atoms with Crippen molar-refractivity contribution in [1.29, 1.82) is 0 Å². The van der Waals surface area contributed by atoms with Crippen molar-refractivity contribution in [2.75, 3.05) is 19.8 Å². The number of nitrogens with zero attached hydrogens (tertiary/aromatic N) is 1. The number of ether oxygens (including phenoxy) is 1. The molecule has 2 amide bonds. The molecule has 0 radical (unpaired) electrons. The van der Waals surface area contributed by atoms with Crippen LogP contribution in [-0.4, -0.2) is 42.3 Å². The number of hydrogen-bond donors (Lipinski definition) is 1. The molecule has 4 nitrogen and oxygen atoms in total. The molecule has 0 spiro atoms. The van der Waals surface area contributed by atoms with Gasteiger partial charge in [-0.3, -0.25) is 0 Å². The van der Waals surface area contributed by atoms with Crippen LogP contribution < -0.4 is 5.32 Å². The van der Waals surface area contributed by atoms with E-state index >= 15 is 0 Å². The number of amides is 2. The molecule has 1 fully saturated rings. The predicted octanol–water partition coefficient (Wildman–Crippen LogP) is 1.77. The normalized spacial score (nSPS) is 20.6. The van der Waals surface area contributed by atoms with Gasteiger partial charge in [0.2, 0.25) is 0 Å². The summed E-state index contributed by atoms with van der Waals surface area (Å²) in [6.45, 7) is 11.6. The van der Waals surface area contributed by atoms with Crippen molar-refractivity contribution in [2.45, 2.75) is 38.8 Å². The zero-order valence-electron chi connectivity index (χ0n) is 10.5. The summed E-state index contributed by atoms with van der Waals surface area (Å²) < 4.78 is 5.23. The fraction of sp³-hybridized carbons (Fsp3) is 0.750. The molecule has 4 heteroatoms. The van der Waals surface area contributed by atoms with E-state index in [1.54, 1.807) is 11.0 Å². The molecule has 1 unspecified atom stereocenters. The highest BCUT2D eigenvalue weighted by Gasteiger charge is 2.27. The molecule has 0 aliphatic carbocycles. The molecule has 1 atom stereocenters. The zero-order chi connectivity index (χ0) is 12.2. The summed E-state index contributed by atoms with van der Waals surface area (Å²) in [7, 11) is 0. The monoisotopic (exact) mass is 226 g/mol. The molecule has 1 aliphatic heterocycles. The van der Waals surface area contributed by atoms with Gasteiger partial charge < -0.3 is 15.0 Å². The van der Waals surface area contributed by atoms with Crippen molar-refractivity contribution < 1.29 is 9.53 Å². The lowest BCUT2D eigenvalue weighted by Crippen LogP contribution is -2.52. The summed E-state index contributed by atoms with van der Waals surface area (Å²) in [5, 5.41) is 2.98. The van der Waals surface area contributed by atoms with Gasteiger partial charge in [0.25, 0.3) is 0 Å². The first-order valence-corrected chi connectivity index (χ1v) is 5.72. The Bertz CT molecular complexity index is 252. The lowest BCUT2D eigenvalue weighted by atomic mass is 10.1. The third-order valence-electron chi connectivity index (χ3n) is 2.62.